The molecular formula is C18H24N2OS. The van der Waals surface area contributed by atoms with Crippen molar-refractivity contribution in [2.45, 2.75) is 25.8 Å². The number of thiophene rings is 1. The van der Waals surface area contributed by atoms with Gasteiger partial charge in [0.05, 0.1) is 6.61 Å². The van der Waals surface area contributed by atoms with Crippen molar-refractivity contribution < 1.29 is 4.74 Å². The Morgan fingerprint density at radius 1 is 1.36 bits per heavy atom. The quantitative estimate of drug-likeness (QED) is 0.780. The molecule has 3 heterocycles. The van der Waals surface area contributed by atoms with Crippen LogP contribution in [-0.2, 0) is 17.7 Å². The molecule has 118 valence electrons. The van der Waals surface area contributed by atoms with Crippen molar-refractivity contribution in [2.75, 3.05) is 26.8 Å². The van der Waals surface area contributed by atoms with Crippen LogP contribution in [0.5, 0.6) is 0 Å². The minimum Gasteiger partial charge on any atom is -0.384 e. The lowest BCUT2D eigenvalue weighted by atomic mass is 9.83. The average molecular weight is 316 g/mol. The fourth-order valence-electron chi connectivity index (χ4n) is 3.46. The molecule has 0 spiro atoms. The molecule has 1 atom stereocenters. The maximum atomic E-state index is 5.56. The first-order valence-corrected chi connectivity index (χ1v) is 8.80. The fraction of sp³-hybridized carbons (Fsp3) is 0.500. The number of aromatic nitrogens is 1. The number of hydrogen-bond acceptors (Lipinski definition) is 4. The van der Waals surface area contributed by atoms with Gasteiger partial charge in [-0.3, -0.25) is 9.88 Å². The van der Waals surface area contributed by atoms with Crippen LogP contribution in [0.4, 0.5) is 0 Å². The first-order valence-electron chi connectivity index (χ1n) is 7.92. The molecule has 0 radical (unpaired) electrons. The van der Waals surface area contributed by atoms with E-state index in [2.05, 4.69) is 33.5 Å². The molecule has 1 aliphatic heterocycles. The fourth-order valence-corrected chi connectivity index (χ4v) is 4.16. The molecule has 0 amide bonds. The lowest BCUT2D eigenvalue weighted by molar-refractivity contribution is 0.0765. The van der Waals surface area contributed by atoms with Crippen LogP contribution in [0.25, 0.3) is 0 Å². The first kappa shape index (κ1) is 15.7. The molecule has 4 heteroatoms. The van der Waals surface area contributed by atoms with Crippen LogP contribution in [-0.4, -0.2) is 36.7 Å². The summed E-state index contributed by atoms with van der Waals surface area (Å²) in [6.07, 6.45) is 7.42. The predicted molar refractivity (Wildman–Crippen MR) is 91.1 cm³/mol. The van der Waals surface area contributed by atoms with Crippen molar-refractivity contribution in [3.8, 4) is 0 Å². The monoisotopic (exact) mass is 316 g/mol. The van der Waals surface area contributed by atoms with E-state index < -0.39 is 0 Å². The van der Waals surface area contributed by atoms with Crippen molar-refractivity contribution in [1.29, 1.82) is 0 Å². The smallest absolute Gasteiger partial charge is 0.0531 e. The molecule has 3 rings (SSSR count). The van der Waals surface area contributed by atoms with Crippen LogP contribution in [0, 0.1) is 5.41 Å². The zero-order valence-electron chi connectivity index (χ0n) is 13.2. The average Bonchev–Trinajstić information content (AvgIpc) is 3.17. The van der Waals surface area contributed by atoms with Gasteiger partial charge in [0.2, 0.25) is 0 Å². The number of ether oxygens (including phenoxy) is 1. The van der Waals surface area contributed by atoms with Crippen molar-refractivity contribution in [3.05, 3.63) is 52.5 Å². The second kappa shape index (κ2) is 7.36. The van der Waals surface area contributed by atoms with E-state index >= 15 is 0 Å². The van der Waals surface area contributed by atoms with Crippen LogP contribution in [0.3, 0.4) is 0 Å². The van der Waals surface area contributed by atoms with E-state index in [0.717, 1.165) is 26.2 Å². The maximum Gasteiger partial charge on any atom is 0.0531 e. The second-order valence-corrected chi connectivity index (χ2v) is 7.37. The minimum atomic E-state index is 0.306. The third-order valence-corrected chi connectivity index (χ3v) is 5.51. The highest BCUT2D eigenvalue weighted by Gasteiger charge is 2.37. The number of methoxy groups -OCH3 is 1. The Balaban J connectivity index is 1.60. The van der Waals surface area contributed by atoms with Gasteiger partial charge in [-0.1, -0.05) is 12.1 Å². The number of rotatable bonds is 7. The molecule has 2 aromatic heterocycles. The van der Waals surface area contributed by atoms with E-state index in [0.29, 0.717) is 5.41 Å². The third kappa shape index (κ3) is 3.94. The van der Waals surface area contributed by atoms with Crippen LogP contribution >= 0.6 is 11.3 Å². The zero-order valence-corrected chi connectivity index (χ0v) is 14.0. The van der Waals surface area contributed by atoms with Gasteiger partial charge >= 0.3 is 0 Å². The highest BCUT2D eigenvalue weighted by molar-refractivity contribution is 7.09. The summed E-state index contributed by atoms with van der Waals surface area (Å²) in [6.45, 7) is 4.14. The van der Waals surface area contributed by atoms with Gasteiger partial charge in [-0.05, 0) is 48.9 Å². The van der Waals surface area contributed by atoms with E-state index in [1.54, 1.807) is 0 Å². The third-order valence-electron chi connectivity index (χ3n) is 4.58. The molecule has 3 nitrogen and oxygen atoms in total. The highest BCUT2D eigenvalue weighted by Crippen LogP contribution is 2.36. The van der Waals surface area contributed by atoms with Gasteiger partial charge in [0.15, 0.2) is 0 Å². The standard InChI is InChI=1S/C18H24N2OS/c1-21-15-18(7-6-17-5-3-11-22-17)8-10-20(14-18)13-16-4-2-9-19-12-16/h2-5,9,11-12H,6-8,10,13-15H2,1H3. The molecule has 0 saturated carbocycles. The molecular weight excluding hydrogens is 292 g/mol. The number of aryl methyl sites for hydroxylation is 1. The lowest BCUT2D eigenvalue weighted by Gasteiger charge is -2.28. The maximum absolute atomic E-state index is 5.56. The van der Waals surface area contributed by atoms with Gasteiger partial charge in [-0.25, -0.2) is 0 Å². The van der Waals surface area contributed by atoms with Crippen LogP contribution in [0.2, 0.25) is 0 Å². The SMILES string of the molecule is COCC1(CCc2cccs2)CCN(Cc2cccnc2)C1. The Morgan fingerprint density at radius 3 is 3.05 bits per heavy atom. The molecule has 2 aromatic rings. The van der Waals surface area contributed by atoms with Crippen LogP contribution in [0.1, 0.15) is 23.3 Å². The molecule has 22 heavy (non-hydrogen) atoms. The zero-order chi connectivity index (χ0) is 15.3. The molecule has 1 saturated heterocycles. The van der Waals surface area contributed by atoms with Gasteiger partial charge in [0.1, 0.15) is 0 Å². The van der Waals surface area contributed by atoms with Crippen molar-refractivity contribution in [1.82, 2.24) is 9.88 Å². The Hall–Kier alpha value is -1.23. The van der Waals surface area contributed by atoms with Crippen LogP contribution < -0.4 is 0 Å². The van der Waals surface area contributed by atoms with E-state index in [4.69, 9.17) is 4.74 Å². The van der Waals surface area contributed by atoms with Crippen molar-refractivity contribution in [2.24, 2.45) is 5.41 Å². The van der Waals surface area contributed by atoms with Gasteiger partial charge in [-0.15, -0.1) is 11.3 Å². The number of nitrogens with zero attached hydrogens (tertiary/aromatic N) is 2. The summed E-state index contributed by atoms with van der Waals surface area (Å²) < 4.78 is 5.56. The lowest BCUT2D eigenvalue weighted by Crippen LogP contribution is -2.31. The number of pyridine rings is 1. The molecule has 0 aromatic carbocycles. The van der Waals surface area contributed by atoms with Gasteiger partial charge in [-0.2, -0.15) is 0 Å². The van der Waals surface area contributed by atoms with Gasteiger partial charge in [0, 0.05) is 42.9 Å². The molecule has 1 fully saturated rings. The summed E-state index contributed by atoms with van der Waals surface area (Å²) in [7, 11) is 1.83. The minimum absolute atomic E-state index is 0.306. The van der Waals surface area contributed by atoms with Crippen molar-refractivity contribution in [3.63, 3.8) is 0 Å². The second-order valence-electron chi connectivity index (χ2n) is 6.33. The Morgan fingerprint density at radius 2 is 2.32 bits per heavy atom. The summed E-state index contributed by atoms with van der Waals surface area (Å²) in [6, 6.07) is 8.57. The van der Waals surface area contributed by atoms with Gasteiger partial charge in [0.25, 0.3) is 0 Å². The molecule has 1 aliphatic rings. The van der Waals surface area contributed by atoms with E-state index in [1.165, 1.54) is 29.7 Å². The Kier molecular flexibility index (Phi) is 5.24. The summed E-state index contributed by atoms with van der Waals surface area (Å²) in [5, 5.41) is 2.17. The van der Waals surface area contributed by atoms with Gasteiger partial charge < -0.3 is 4.74 Å². The van der Waals surface area contributed by atoms with Crippen LogP contribution in [0.15, 0.2) is 42.0 Å². The summed E-state index contributed by atoms with van der Waals surface area (Å²) in [4.78, 5) is 8.25. The predicted octanol–water partition coefficient (Wildman–Crippen LogP) is 3.61. The topological polar surface area (TPSA) is 25.4 Å². The first-order chi connectivity index (χ1) is 10.8. The normalized spacial score (nSPS) is 22.2. The molecule has 0 bridgehead atoms. The Labute approximate surface area is 137 Å². The van der Waals surface area contributed by atoms with E-state index in [-0.39, 0.29) is 0 Å². The largest absolute Gasteiger partial charge is 0.384 e. The molecule has 0 N–H and O–H groups in total. The number of likely N-dealkylation sites (tertiary alicyclic amines) is 1. The van der Waals surface area contributed by atoms with Crippen molar-refractivity contribution >= 4 is 11.3 Å². The number of hydrogen-bond donors (Lipinski definition) is 0. The van der Waals surface area contributed by atoms with E-state index in [9.17, 15) is 0 Å². The summed E-state index contributed by atoms with van der Waals surface area (Å²) >= 11 is 1.86. The molecule has 0 aliphatic carbocycles. The Bertz CT molecular complexity index is 558. The summed E-state index contributed by atoms with van der Waals surface area (Å²) in [5.74, 6) is 0. The summed E-state index contributed by atoms with van der Waals surface area (Å²) in [5.41, 5.74) is 1.61. The highest BCUT2D eigenvalue weighted by atomic mass is 32.1. The molecule has 1 unspecified atom stereocenters. The van der Waals surface area contributed by atoms with E-state index in [1.807, 2.05) is 36.9 Å².